The zero-order chi connectivity index (χ0) is 14.2. The molecule has 1 aliphatic rings. The first-order chi connectivity index (χ1) is 9.52. The van der Waals surface area contributed by atoms with E-state index in [1.807, 2.05) is 12.1 Å². The Morgan fingerprint density at radius 2 is 2.30 bits per heavy atom. The van der Waals surface area contributed by atoms with E-state index < -0.39 is 9.84 Å². The molecule has 2 aromatic rings. The third-order valence-corrected chi connectivity index (χ3v) is 4.14. The summed E-state index contributed by atoms with van der Waals surface area (Å²) in [6, 6.07) is 3.81. The lowest BCUT2D eigenvalue weighted by atomic mass is 10.1. The van der Waals surface area contributed by atoms with Gasteiger partial charge in [-0.15, -0.1) is 0 Å². The van der Waals surface area contributed by atoms with Gasteiger partial charge in [0.1, 0.15) is 5.76 Å². The van der Waals surface area contributed by atoms with Crippen molar-refractivity contribution in [1.29, 1.82) is 0 Å². The number of hydrogen-bond acceptors (Lipinski definition) is 6. The van der Waals surface area contributed by atoms with Crippen LogP contribution in [0.5, 0.6) is 0 Å². The summed E-state index contributed by atoms with van der Waals surface area (Å²) >= 11 is 0. The van der Waals surface area contributed by atoms with Crippen molar-refractivity contribution in [3.8, 4) is 0 Å². The van der Waals surface area contributed by atoms with Crippen molar-refractivity contribution in [2.75, 3.05) is 12.8 Å². The van der Waals surface area contributed by atoms with Crippen LogP contribution in [0.1, 0.15) is 17.0 Å². The number of hydrogen-bond donors (Lipinski definition) is 0. The first kappa shape index (κ1) is 13.3. The van der Waals surface area contributed by atoms with Gasteiger partial charge in [0.25, 0.3) is 0 Å². The van der Waals surface area contributed by atoms with Crippen molar-refractivity contribution in [2.24, 2.45) is 0 Å². The van der Waals surface area contributed by atoms with E-state index >= 15 is 0 Å². The van der Waals surface area contributed by atoms with E-state index in [0.29, 0.717) is 6.54 Å². The Kier molecular flexibility index (Phi) is 3.31. The summed E-state index contributed by atoms with van der Waals surface area (Å²) in [7, 11) is -3.34. The van der Waals surface area contributed by atoms with Gasteiger partial charge in [0, 0.05) is 37.5 Å². The number of aromatic nitrogens is 2. The number of fused-ring (bicyclic) bond motifs is 1. The second kappa shape index (κ2) is 4.99. The molecule has 0 bridgehead atoms. The minimum absolute atomic E-state index is 0.0873. The molecule has 0 N–H and O–H groups in total. The summed E-state index contributed by atoms with van der Waals surface area (Å²) in [5.41, 5.74) is 1.81. The fourth-order valence-electron chi connectivity index (χ4n) is 2.29. The Hall–Kier alpha value is -1.73. The fraction of sp³-hybridized carbons (Fsp3) is 0.385. The molecule has 0 unspecified atom stereocenters. The number of sulfone groups is 1. The smallest absolute Gasteiger partial charge is 0.246 e. The van der Waals surface area contributed by atoms with Crippen LogP contribution in [-0.4, -0.2) is 36.1 Å². The SMILES string of the molecule is CS(=O)(=O)c1ncc2c(n1)CCN(Cc1ccco1)C2. The van der Waals surface area contributed by atoms with Gasteiger partial charge in [0.15, 0.2) is 0 Å². The quantitative estimate of drug-likeness (QED) is 0.787. The molecule has 0 aromatic carbocycles. The van der Waals surface area contributed by atoms with E-state index in [1.165, 1.54) is 0 Å². The maximum Gasteiger partial charge on any atom is 0.246 e. The molecular formula is C13H15N3O3S. The van der Waals surface area contributed by atoms with Crippen LogP contribution in [0, 0.1) is 0 Å². The average molecular weight is 293 g/mol. The predicted molar refractivity (Wildman–Crippen MR) is 71.7 cm³/mol. The van der Waals surface area contributed by atoms with Gasteiger partial charge in [-0.2, -0.15) is 0 Å². The summed E-state index contributed by atoms with van der Waals surface area (Å²) in [5, 5.41) is -0.0873. The highest BCUT2D eigenvalue weighted by Crippen LogP contribution is 2.19. The Morgan fingerprint density at radius 1 is 1.45 bits per heavy atom. The van der Waals surface area contributed by atoms with Gasteiger partial charge < -0.3 is 4.42 Å². The van der Waals surface area contributed by atoms with Crippen molar-refractivity contribution in [1.82, 2.24) is 14.9 Å². The maximum atomic E-state index is 11.4. The fourth-order valence-corrected chi connectivity index (χ4v) is 2.81. The molecule has 3 heterocycles. The molecule has 6 nitrogen and oxygen atoms in total. The maximum absolute atomic E-state index is 11.4. The van der Waals surface area contributed by atoms with Gasteiger partial charge in [-0.1, -0.05) is 0 Å². The normalized spacial score (nSPS) is 16.1. The third-order valence-electron chi connectivity index (χ3n) is 3.28. The van der Waals surface area contributed by atoms with E-state index in [0.717, 1.165) is 42.8 Å². The largest absolute Gasteiger partial charge is 0.468 e. The van der Waals surface area contributed by atoms with E-state index in [2.05, 4.69) is 14.9 Å². The van der Waals surface area contributed by atoms with Crippen LogP contribution >= 0.6 is 0 Å². The molecule has 2 aromatic heterocycles. The van der Waals surface area contributed by atoms with Crippen LogP contribution in [0.4, 0.5) is 0 Å². The molecule has 0 radical (unpaired) electrons. The van der Waals surface area contributed by atoms with Gasteiger partial charge in [-0.05, 0) is 12.1 Å². The van der Waals surface area contributed by atoms with Crippen molar-refractivity contribution in [2.45, 2.75) is 24.7 Å². The van der Waals surface area contributed by atoms with Crippen molar-refractivity contribution < 1.29 is 12.8 Å². The molecule has 0 fully saturated rings. The first-order valence-corrected chi connectivity index (χ1v) is 8.21. The van der Waals surface area contributed by atoms with Crippen molar-refractivity contribution in [3.05, 3.63) is 41.6 Å². The molecule has 0 saturated heterocycles. The van der Waals surface area contributed by atoms with E-state index in [9.17, 15) is 8.42 Å². The van der Waals surface area contributed by atoms with Crippen LogP contribution in [0.15, 0.2) is 34.2 Å². The van der Waals surface area contributed by atoms with Crippen LogP contribution in [0.3, 0.4) is 0 Å². The van der Waals surface area contributed by atoms with Crippen LogP contribution in [-0.2, 0) is 29.3 Å². The summed E-state index contributed by atoms with van der Waals surface area (Å²) in [6.45, 7) is 2.27. The van der Waals surface area contributed by atoms with Gasteiger partial charge in [0.2, 0.25) is 15.0 Å². The Bertz CT molecular complexity index is 710. The molecule has 106 valence electrons. The molecule has 0 amide bonds. The molecular weight excluding hydrogens is 278 g/mol. The summed E-state index contributed by atoms with van der Waals surface area (Å²) in [5.74, 6) is 0.919. The van der Waals surface area contributed by atoms with Crippen molar-refractivity contribution >= 4 is 9.84 Å². The Labute approximate surface area is 117 Å². The monoisotopic (exact) mass is 293 g/mol. The van der Waals surface area contributed by atoms with Crippen molar-refractivity contribution in [3.63, 3.8) is 0 Å². The molecule has 0 saturated carbocycles. The molecule has 0 aliphatic carbocycles. The first-order valence-electron chi connectivity index (χ1n) is 6.32. The molecule has 1 aliphatic heterocycles. The molecule has 7 heteroatoms. The van der Waals surface area contributed by atoms with E-state index in [-0.39, 0.29) is 5.16 Å². The number of furan rings is 1. The van der Waals surface area contributed by atoms with Gasteiger partial charge in [0.05, 0.1) is 18.5 Å². The summed E-state index contributed by atoms with van der Waals surface area (Å²) < 4.78 is 28.2. The number of nitrogens with zero attached hydrogens (tertiary/aromatic N) is 3. The minimum atomic E-state index is -3.34. The average Bonchev–Trinajstić information content (AvgIpc) is 2.90. The molecule has 3 rings (SSSR count). The van der Waals surface area contributed by atoms with Gasteiger partial charge >= 0.3 is 0 Å². The minimum Gasteiger partial charge on any atom is -0.468 e. The molecule has 20 heavy (non-hydrogen) atoms. The van der Waals surface area contributed by atoms with Crippen LogP contribution < -0.4 is 0 Å². The zero-order valence-corrected chi connectivity index (χ0v) is 11.9. The molecule has 0 atom stereocenters. The summed E-state index contributed by atoms with van der Waals surface area (Å²) in [4.78, 5) is 10.3. The predicted octanol–water partition coefficient (Wildman–Crippen LogP) is 1.03. The third kappa shape index (κ3) is 2.73. The Balaban J connectivity index is 1.79. The highest BCUT2D eigenvalue weighted by atomic mass is 32.2. The standard InChI is InChI=1S/C13H15N3O3S/c1-20(17,18)13-14-7-10-8-16(5-4-12(10)15-13)9-11-3-2-6-19-11/h2-3,6-7H,4-5,8-9H2,1H3. The highest BCUT2D eigenvalue weighted by molar-refractivity contribution is 7.90. The topological polar surface area (TPSA) is 76.3 Å². The second-order valence-corrected chi connectivity index (χ2v) is 6.85. The van der Waals surface area contributed by atoms with E-state index in [1.54, 1.807) is 12.5 Å². The zero-order valence-electron chi connectivity index (χ0n) is 11.1. The molecule has 0 spiro atoms. The highest BCUT2D eigenvalue weighted by Gasteiger charge is 2.21. The van der Waals surface area contributed by atoms with Gasteiger partial charge in [-0.3, -0.25) is 4.90 Å². The lowest BCUT2D eigenvalue weighted by molar-refractivity contribution is 0.223. The summed E-state index contributed by atoms with van der Waals surface area (Å²) in [6.07, 6.45) is 5.13. The van der Waals surface area contributed by atoms with E-state index in [4.69, 9.17) is 4.42 Å². The van der Waals surface area contributed by atoms with Crippen LogP contribution in [0.25, 0.3) is 0 Å². The number of rotatable bonds is 3. The van der Waals surface area contributed by atoms with Crippen LogP contribution in [0.2, 0.25) is 0 Å². The lowest BCUT2D eigenvalue weighted by Gasteiger charge is -2.27. The Morgan fingerprint density at radius 3 is 3.00 bits per heavy atom. The lowest BCUT2D eigenvalue weighted by Crippen LogP contribution is -2.31. The second-order valence-electron chi connectivity index (χ2n) is 4.94. The van der Waals surface area contributed by atoms with Gasteiger partial charge in [-0.25, -0.2) is 18.4 Å².